The summed E-state index contributed by atoms with van der Waals surface area (Å²) in [5.41, 5.74) is 6.08. The summed E-state index contributed by atoms with van der Waals surface area (Å²) in [4.78, 5) is 25.8. The summed E-state index contributed by atoms with van der Waals surface area (Å²) in [6, 6.07) is 9.10. The SMILES string of the molecule is O=C(COc1ccc(Br)cc1)NNC(=O)c1cc2c(s1)CCCC2. The minimum atomic E-state index is -0.410. The molecule has 1 aromatic carbocycles. The third-order valence-corrected chi connectivity index (χ3v) is 5.48. The van der Waals surface area contributed by atoms with Crippen LogP contribution in [0.2, 0.25) is 0 Å². The monoisotopic (exact) mass is 408 g/mol. The lowest BCUT2D eigenvalue weighted by Crippen LogP contribution is -2.43. The molecule has 0 radical (unpaired) electrons. The summed E-state index contributed by atoms with van der Waals surface area (Å²) in [5.74, 6) is -0.107. The van der Waals surface area contributed by atoms with E-state index < -0.39 is 5.91 Å². The molecule has 0 unspecified atom stereocenters. The van der Waals surface area contributed by atoms with Gasteiger partial charge in [0.1, 0.15) is 5.75 Å². The van der Waals surface area contributed by atoms with E-state index in [-0.39, 0.29) is 12.5 Å². The van der Waals surface area contributed by atoms with E-state index in [2.05, 4.69) is 26.8 Å². The second-order valence-electron chi connectivity index (χ2n) is 5.51. The van der Waals surface area contributed by atoms with Gasteiger partial charge in [-0.2, -0.15) is 0 Å². The van der Waals surface area contributed by atoms with Gasteiger partial charge in [0.25, 0.3) is 11.8 Å². The van der Waals surface area contributed by atoms with Gasteiger partial charge in [-0.3, -0.25) is 20.4 Å². The lowest BCUT2D eigenvalue weighted by Gasteiger charge is -2.08. The van der Waals surface area contributed by atoms with Crippen LogP contribution < -0.4 is 15.6 Å². The van der Waals surface area contributed by atoms with Crippen LogP contribution in [0, 0.1) is 0 Å². The number of benzene rings is 1. The molecule has 5 nitrogen and oxygen atoms in total. The first-order valence-electron chi connectivity index (χ1n) is 7.71. The molecule has 2 aromatic rings. The number of hydrogen-bond donors (Lipinski definition) is 2. The van der Waals surface area contributed by atoms with E-state index >= 15 is 0 Å². The number of ether oxygens (including phenoxy) is 1. The van der Waals surface area contributed by atoms with Gasteiger partial charge in [0.2, 0.25) is 0 Å². The summed E-state index contributed by atoms with van der Waals surface area (Å²) >= 11 is 4.84. The van der Waals surface area contributed by atoms with Gasteiger partial charge in [-0.05, 0) is 61.6 Å². The van der Waals surface area contributed by atoms with Crippen molar-refractivity contribution in [3.8, 4) is 5.75 Å². The Balaban J connectivity index is 1.46. The second-order valence-corrected chi connectivity index (χ2v) is 7.56. The summed E-state index contributed by atoms with van der Waals surface area (Å²) in [6.07, 6.45) is 4.43. The lowest BCUT2D eigenvalue weighted by atomic mass is 9.99. The van der Waals surface area contributed by atoms with Gasteiger partial charge in [0.15, 0.2) is 6.61 Å². The third kappa shape index (κ3) is 4.36. The van der Waals surface area contributed by atoms with E-state index in [4.69, 9.17) is 4.74 Å². The fourth-order valence-corrected chi connectivity index (χ4v) is 3.92. The van der Waals surface area contributed by atoms with Crippen molar-refractivity contribution in [2.45, 2.75) is 25.7 Å². The molecular formula is C17H17BrN2O3S. The Kier molecular flexibility index (Phi) is 5.52. The molecule has 126 valence electrons. The number of thiophene rings is 1. The van der Waals surface area contributed by atoms with Gasteiger partial charge < -0.3 is 4.74 Å². The molecule has 0 atom stereocenters. The predicted octanol–water partition coefficient (Wildman–Crippen LogP) is 3.23. The Morgan fingerprint density at radius 1 is 1.12 bits per heavy atom. The topological polar surface area (TPSA) is 67.4 Å². The highest BCUT2D eigenvalue weighted by Gasteiger charge is 2.17. The van der Waals surface area contributed by atoms with Crippen molar-refractivity contribution in [2.75, 3.05) is 6.61 Å². The molecule has 7 heteroatoms. The zero-order valence-corrected chi connectivity index (χ0v) is 15.3. The first-order valence-corrected chi connectivity index (χ1v) is 9.32. The first-order chi connectivity index (χ1) is 11.6. The number of hydrazine groups is 1. The maximum atomic E-state index is 12.1. The van der Waals surface area contributed by atoms with Gasteiger partial charge in [0, 0.05) is 9.35 Å². The number of halogens is 1. The summed E-state index contributed by atoms with van der Waals surface area (Å²) < 4.78 is 6.28. The van der Waals surface area contributed by atoms with E-state index in [1.807, 2.05) is 18.2 Å². The molecule has 2 N–H and O–H groups in total. The van der Waals surface area contributed by atoms with Crippen molar-refractivity contribution in [2.24, 2.45) is 0 Å². The third-order valence-electron chi connectivity index (χ3n) is 3.72. The van der Waals surface area contributed by atoms with Gasteiger partial charge in [0.05, 0.1) is 4.88 Å². The van der Waals surface area contributed by atoms with Crippen LogP contribution in [0.25, 0.3) is 0 Å². The molecule has 0 bridgehead atoms. The van der Waals surface area contributed by atoms with Crippen molar-refractivity contribution < 1.29 is 14.3 Å². The average molecular weight is 409 g/mol. The summed E-state index contributed by atoms with van der Waals surface area (Å²) in [5, 5.41) is 0. The number of nitrogens with one attached hydrogen (secondary N) is 2. The van der Waals surface area contributed by atoms with Gasteiger partial charge >= 0.3 is 0 Å². The van der Waals surface area contributed by atoms with Crippen LogP contribution in [-0.4, -0.2) is 18.4 Å². The number of carbonyl (C=O) groups is 2. The molecule has 24 heavy (non-hydrogen) atoms. The molecule has 0 saturated carbocycles. The fourth-order valence-electron chi connectivity index (χ4n) is 2.51. The number of aryl methyl sites for hydroxylation is 2. The van der Waals surface area contributed by atoms with E-state index in [0.717, 1.165) is 17.3 Å². The molecule has 0 aliphatic heterocycles. The van der Waals surface area contributed by atoms with Crippen molar-refractivity contribution >= 4 is 39.1 Å². The van der Waals surface area contributed by atoms with Crippen molar-refractivity contribution in [3.05, 3.63) is 50.1 Å². The predicted molar refractivity (Wildman–Crippen MR) is 96.2 cm³/mol. The molecule has 0 fully saturated rings. The molecule has 0 spiro atoms. The molecular weight excluding hydrogens is 392 g/mol. The number of hydrogen-bond acceptors (Lipinski definition) is 4. The quantitative estimate of drug-likeness (QED) is 0.763. The smallest absolute Gasteiger partial charge is 0.279 e. The number of carbonyl (C=O) groups excluding carboxylic acids is 2. The molecule has 2 amide bonds. The van der Waals surface area contributed by atoms with Crippen molar-refractivity contribution in [1.82, 2.24) is 10.9 Å². The van der Waals surface area contributed by atoms with Crippen LogP contribution in [0.3, 0.4) is 0 Å². The zero-order chi connectivity index (χ0) is 16.9. The van der Waals surface area contributed by atoms with Gasteiger partial charge in [-0.15, -0.1) is 11.3 Å². The Hall–Kier alpha value is -1.86. The van der Waals surface area contributed by atoms with Crippen LogP contribution in [0.5, 0.6) is 5.75 Å². The largest absolute Gasteiger partial charge is 0.484 e. The second kappa shape index (κ2) is 7.81. The summed E-state index contributed by atoms with van der Waals surface area (Å²) in [7, 11) is 0. The van der Waals surface area contributed by atoms with Gasteiger partial charge in [-0.25, -0.2) is 0 Å². The minimum absolute atomic E-state index is 0.164. The Labute approximate surface area is 152 Å². The Morgan fingerprint density at radius 3 is 2.62 bits per heavy atom. The van der Waals surface area contributed by atoms with E-state index in [1.54, 1.807) is 12.1 Å². The Bertz CT molecular complexity index is 719. The molecule has 1 heterocycles. The van der Waals surface area contributed by atoms with Crippen LogP contribution in [0.4, 0.5) is 0 Å². The van der Waals surface area contributed by atoms with E-state index in [9.17, 15) is 9.59 Å². The van der Waals surface area contributed by atoms with E-state index in [0.29, 0.717) is 10.6 Å². The number of rotatable bonds is 4. The summed E-state index contributed by atoms with van der Waals surface area (Å²) in [6.45, 7) is -0.164. The zero-order valence-electron chi connectivity index (χ0n) is 12.9. The van der Waals surface area contributed by atoms with E-state index in [1.165, 1.54) is 34.6 Å². The van der Waals surface area contributed by atoms with Crippen LogP contribution in [0.1, 0.15) is 33.0 Å². The Morgan fingerprint density at radius 2 is 1.88 bits per heavy atom. The average Bonchev–Trinajstić information content (AvgIpc) is 3.03. The molecule has 1 aliphatic carbocycles. The minimum Gasteiger partial charge on any atom is -0.484 e. The molecule has 3 rings (SSSR count). The normalized spacial score (nSPS) is 13.0. The molecule has 1 aliphatic rings. The molecule has 0 saturated heterocycles. The van der Waals surface area contributed by atoms with Crippen LogP contribution in [0.15, 0.2) is 34.8 Å². The molecule has 1 aromatic heterocycles. The standard InChI is InChI=1S/C17H17BrN2O3S/c18-12-5-7-13(8-6-12)23-10-16(21)19-20-17(22)15-9-11-3-1-2-4-14(11)24-15/h5-9H,1-4,10H2,(H,19,21)(H,20,22). The number of amides is 2. The first kappa shape index (κ1) is 17.0. The van der Waals surface area contributed by atoms with Gasteiger partial charge in [-0.1, -0.05) is 15.9 Å². The highest BCUT2D eigenvalue weighted by Crippen LogP contribution is 2.29. The fraction of sp³-hybridized carbons (Fsp3) is 0.294. The van der Waals surface area contributed by atoms with Crippen molar-refractivity contribution in [3.63, 3.8) is 0 Å². The highest BCUT2D eigenvalue weighted by molar-refractivity contribution is 9.10. The van der Waals surface area contributed by atoms with Crippen molar-refractivity contribution in [1.29, 1.82) is 0 Å². The lowest BCUT2D eigenvalue weighted by molar-refractivity contribution is -0.123. The highest BCUT2D eigenvalue weighted by atomic mass is 79.9. The maximum absolute atomic E-state index is 12.1. The number of fused-ring (bicyclic) bond motifs is 1. The van der Waals surface area contributed by atoms with Crippen LogP contribution >= 0.6 is 27.3 Å². The van der Waals surface area contributed by atoms with Crippen LogP contribution in [-0.2, 0) is 17.6 Å². The maximum Gasteiger partial charge on any atom is 0.279 e.